The SMILES string of the molecule is CC(C)C[C@H](NC(=O)C[C@H](O)[C@H](CC(C)C)NC(=O)[C@H](Cc1cncn1C)NC(=O)CNC(=O)[C@@H](NC(=O)[C@H](C)NC(=O)[C@H](Cc1c[nH]c2ccccc12)NC(=O)[C@H](CCC(N)=O)NC(=O)C1CCC(NC(=O)c2ccc([N+](C)(C)C)c(C(F)(F)F)c2)CC1)C(C)C)C(N)=O. The topological polar surface area (TPSA) is 402 Å². The van der Waals surface area contributed by atoms with Gasteiger partial charge in [-0.25, -0.2) is 4.98 Å². The molecule has 11 amide bonds. The van der Waals surface area contributed by atoms with E-state index in [-0.39, 0.29) is 91.8 Å². The van der Waals surface area contributed by atoms with Crippen molar-refractivity contribution in [1.82, 2.24) is 66.9 Å². The van der Waals surface area contributed by atoms with Crippen LogP contribution in [0.4, 0.5) is 18.9 Å². The molecule has 0 spiro atoms. The summed E-state index contributed by atoms with van der Waals surface area (Å²) in [6, 6.07) is 1.29. The highest BCUT2D eigenvalue weighted by atomic mass is 19.4. The molecular formula is C65H95F3N15O12+. The summed E-state index contributed by atoms with van der Waals surface area (Å²) in [6.45, 7) is 11.3. The van der Waals surface area contributed by atoms with Crippen molar-refractivity contribution in [2.24, 2.45) is 42.2 Å². The number of quaternary nitrogens is 1. The number of hydrogen-bond donors (Lipinski definition) is 13. The van der Waals surface area contributed by atoms with E-state index in [1.54, 1.807) is 77.1 Å². The number of rotatable bonds is 34. The van der Waals surface area contributed by atoms with E-state index in [0.29, 0.717) is 22.2 Å². The van der Waals surface area contributed by atoms with E-state index >= 15 is 0 Å². The van der Waals surface area contributed by atoms with Crippen molar-refractivity contribution in [1.29, 1.82) is 0 Å². The molecule has 5 rings (SSSR count). The first-order valence-electron chi connectivity index (χ1n) is 31.9. The molecule has 15 N–H and O–H groups in total. The van der Waals surface area contributed by atoms with Gasteiger partial charge in [0.25, 0.3) is 5.91 Å². The Morgan fingerprint density at radius 2 is 1.34 bits per heavy atom. The number of benzene rings is 2. The third-order valence-corrected chi connectivity index (χ3v) is 16.5. The van der Waals surface area contributed by atoms with Gasteiger partial charge in [-0.3, -0.25) is 57.2 Å². The van der Waals surface area contributed by atoms with Gasteiger partial charge in [0.05, 0.1) is 52.6 Å². The summed E-state index contributed by atoms with van der Waals surface area (Å²) in [4.78, 5) is 156. The molecule has 522 valence electrons. The number of nitrogens with two attached hydrogens (primary N) is 2. The van der Waals surface area contributed by atoms with Crippen molar-refractivity contribution >= 4 is 81.6 Å². The Hall–Kier alpha value is -8.93. The minimum absolute atomic E-state index is 0.0172. The molecule has 0 unspecified atom stereocenters. The number of carbonyl (C=O) groups is 11. The number of primary amides is 2. The lowest BCUT2D eigenvalue weighted by Gasteiger charge is -2.30. The second-order valence-electron chi connectivity index (χ2n) is 26.6. The number of nitrogens with one attached hydrogen (secondary N) is 10. The van der Waals surface area contributed by atoms with Crippen LogP contribution in [0, 0.1) is 23.7 Å². The van der Waals surface area contributed by atoms with Crippen molar-refractivity contribution in [3.63, 3.8) is 0 Å². The van der Waals surface area contributed by atoms with Crippen LogP contribution in [0.2, 0.25) is 0 Å². The van der Waals surface area contributed by atoms with Gasteiger partial charge in [0.1, 0.15) is 47.5 Å². The van der Waals surface area contributed by atoms with Gasteiger partial charge in [-0.05, 0) is 93.4 Å². The first kappa shape index (κ1) is 76.8. The fourth-order valence-corrected chi connectivity index (χ4v) is 11.2. The van der Waals surface area contributed by atoms with Crippen LogP contribution in [-0.4, -0.2) is 167 Å². The summed E-state index contributed by atoms with van der Waals surface area (Å²) < 4.78 is 43.8. The molecule has 1 aliphatic rings. The summed E-state index contributed by atoms with van der Waals surface area (Å²) in [5.74, 6) is -9.79. The smallest absolute Gasteiger partial charge is 0.390 e. The Labute approximate surface area is 550 Å². The van der Waals surface area contributed by atoms with E-state index < -0.39 is 156 Å². The number of hydrogen-bond acceptors (Lipinski definition) is 13. The van der Waals surface area contributed by atoms with Crippen molar-refractivity contribution < 1.29 is 71.0 Å². The van der Waals surface area contributed by atoms with Gasteiger partial charge < -0.3 is 74.0 Å². The number of alkyl halides is 3. The van der Waals surface area contributed by atoms with Gasteiger partial charge in [0.2, 0.25) is 59.1 Å². The molecule has 0 saturated heterocycles. The number of amides is 11. The highest BCUT2D eigenvalue weighted by molar-refractivity contribution is 5.98. The number of aliphatic hydroxyl groups excluding tert-OH is 1. The molecule has 95 heavy (non-hydrogen) atoms. The maximum Gasteiger partial charge on any atom is 0.422 e. The minimum atomic E-state index is -4.72. The Morgan fingerprint density at radius 3 is 1.93 bits per heavy atom. The zero-order valence-electron chi connectivity index (χ0n) is 55.8. The van der Waals surface area contributed by atoms with E-state index in [4.69, 9.17) is 11.5 Å². The monoisotopic (exact) mass is 1330 g/mol. The first-order valence-corrected chi connectivity index (χ1v) is 31.9. The lowest BCUT2D eigenvalue weighted by Crippen LogP contribution is -2.59. The molecule has 2 heterocycles. The lowest BCUT2D eigenvalue weighted by molar-refractivity contribution is -0.138. The Balaban J connectivity index is 1.24. The fraction of sp³-hybridized carbons (Fsp3) is 0.569. The zero-order valence-corrected chi connectivity index (χ0v) is 55.8. The number of imidazole rings is 1. The lowest BCUT2D eigenvalue weighted by atomic mass is 9.85. The maximum atomic E-state index is 14.4. The van der Waals surface area contributed by atoms with Crippen molar-refractivity contribution in [3.05, 3.63) is 83.6 Å². The van der Waals surface area contributed by atoms with Crippen LogP contribution in [-0.2, 0) is 74.0 Å². The number of para-hydroxylation sites is 1. The third-order valence-electron chi connectivity index (χ3n) is 16.5. The van der Waals surface area contributed by atoms with Crippen LogP contribution in [0.25, 0.3) is 10.9 Å². The van der Waals surface area contributed by atoms with Crippen LogP contribution in [0.5, 0.6) is 0 Å². The van der Waals surface area contributed by atoms with Crippen LogP contribution in [0.1, 0.15) is 133 Å². The normalized spacial score (nSPS) is 16.8. The summed E-state index contributed by atoms with van der Waals surface area (Å²) in [5, 5.41) is 35.9. The number of fused-ring (bicyclic) bond motifs is 1. The Morgan fingerprint density at radius 1 is 0.716 bits per heavy atom. The second kappa shape index (κ2) is 34.5. The molecule has 0 aliphatic heterocycles. The number of nitrogens with zero attached hydrogens (tertiary/aromatic N) is 3. The van der Waals surface area contributed by atoms with Crippen LogP contribution in [0.3, 0.4) is 0 Å². The minimum Gasteiger partial charge on any atom is -0.390 e. The van der Waals surface area contributed by atoms with E-state index in [1.165, 1.54) is 31.6 Å². The molecule has 4 aromatic rings. The molecular weight excluding hydrogens is 1240 g/mol. The molecule has 1 aliphatic carbocycles. The van der Waals surface area contributed by atoms with Crippen LogP contribution in [0.15, 0.2) is 61.2 Å². The van der Waals surface area contributed by atoms with E-state index in [1.807, 2.05) is 27.7 Å². The summed E-state index contributed by atoms with van der Waals surface area (Å²) >= 11 is 0. The maximum absolute atomic E-state index is 14.4. The molecule has 0 radical (unpaired) electrons. The van der Waals surface area contributed by atoms with Crippen molar-refractivity contribution in [2.45, 2.75) is 180 Å². The quantitative estimate of drug-likeness (QED) is 0.0297. The largest absolute Gasteiger partial charge is 0.422 e. The van der Waals surface area contributed by atoms with Gasteiger partial charge in [0.15, 0.2) is 0 Å². The number of halogens is 3. The number of H-pyrrole nitrogens is 1. The van der Waals surface area contributed by atoms with Crippen molar-refractivity contribution in [3.8, 4) is 0 Å². The average molecular weight is 1340 g/mol. The highest BCUT2D eigenvalue weighted by Crippen LogP contribution is 2.38. The summed E-state index contributed by atoms with van der Waals surface area (Å²) in [6.07, 6.45) is -1.46. The Kier molecular flexibility index (Phi) is 27.9. The van der Waals surface area contributed by atoms with Gasteiger partial charge in [-0.2, -0.15) is 13.2 Å². The van der Waals surface area contributed by atoms with E-state index in [9.17, 15) is 71.0 Å². The molecule has 8 atom stereocenters. The van der Waals surface area contributed by atoms with Gasteiger partial charge in [-0.1, -0.05) is 59.7 Å². The third kappa shape index (κ3) is 23.5. The standard InChI is InChI=1S/C65H94F3N15O12/c1-34(2)24-47(52(84)29-54(86)76-48(57(70)88)25-35(3)4)79-63(94)50(28-42-31-71-33-82(42)8)77-55(87)32-73-64(95)56(36(5)6)81-58(89)37(7)74-62(93)49(27-40-30-72-45-15-13-12-14-43(40)45)80-61(92)46(21-23-53(69)85)78-59(90)38-16-19-41(20-17-38)75-60(91)39-18-22-51(83(9,10)11)44(26-39)65(66,67)68/h12-15,18,22,26,30-31,33-38,41,46-50,52,56,72,84H,16-17,19-21,23-25,27-29,32H2,1-11H3,(H12-,69,70,73,74,75,76,77,78,79,80,81,85,86,87,88,89,90,91,92,93,94,95)/p+1/t37-,38?,41?,46-,47-,48-,49-,50-,52-,56-/m0/s1. The molecule has 2 aromatic carbocycles. The average Bonchev–Trinajstić information content (AvgIpc) is 1.21. The Bertz CT molecular complexity index is 3370. The second-order valence-corrected chi connectivity index (χ2v) is 26.6. The van der Waals surface area contributed by atoms with E-state index in [2.05, 4.69) is 57.8 Å². The number of aromatic nitrogens is 3. The van der Waals surface area contributed by atoms with Gasteiger partial charge >= 0.3 is 6.18 Å². The predicted molar refractivity (Wildman–Crippen MR) is 347 cm³/mol. The number of aromatic amines is 1. The van der Waals surface area contributed by atoms with Gasteiger partial charge in [-0.15, -0.1) is 0 Å². The number of aryl methyl sites for hydroxylation is 1. The first-order chi connectivity index (χ1) is 44.4. The van der Waals surface area contributed by atoms with Gasteiger partial charge in [0, 0.05) is 78.9 Å². The van der Waals surface area contributed by atoms with Crippen molar-refractivity contribution in [2.75, 3.05) is 27.7 Å². The molecule has 0 bridgehead atoms. The van der Waals surface area contributed by atoms with Crippen LogP contribution < -0.4 is 63.8 Å². The number of aliphatic hydroxyl groups is 1. The molecule has 1 fully saturated rings. The molecule has 1 saturated carbocycles. The van der Waals surface area contributed by atoms with E-state index in [0.717, 1.165) is 6.07 Å². The fourth-order valence-electron chi connectivity index (χ4n) is 11.2. The van der Waals surface area contributed by atoms with Crippen LogP contribution >= 0.6 is 0 Å². The summed E-state index contributed by atoms with van der Waals surface area (Å²) in [5.41, 5.74) is 11.7. The predicted octanol–water partition coefficient (Wildman–Crippen LogP) is 1.67. The summed E-state index contributed by atoms with van der Waals surface area (Å²) in [7, 11) is 6.42. The number of carbonyl (C=O) groups excluding carboxylic acids is 11. The zero-order chi connectivity index (χ0) is 70.8. The highest BCUT2D eigenvalue weighted by Gasteiger charge is 2.40. The molecule has 27 nitrogen and oxygen atoms in total. The molecule has 2 aromatic heterocycles. The molecule has 30 heteroatoms.